The van der Waals surface area contributed by atoms with Crippen molar-refractivity contribution in [3.8, 4) is 5.75 Å². The van der Waals surface area contributed by atoms with E-state index in [1.807, 2.05) is 30.3 Å². The van der Waals surface area contributed by atoms with Crippen molar-refractivity contribution in [1.29, 1.82) is 0 Å². The third-order valence-corrected chi connectivity index (χ3v) is 4.61. The van der Waals surface area contributed by atoms with Crippen LogP contribution in [-0.4, -0.2) is 21.0 Å². The van der Waals surface area contributed by atoms with Crippen molar-refractivity contribution in [1.82, 2.24) is 9.97 Å². The number of hydrogen-bond donors (Lipinski definition) is 2. The summed E-state index contributed by atoms with van der Waals surface area (Å²) in [7, 11) is 0. The molecule has 0 spiro atoms. The second-order valence-electron chi connectivity index (χ2n) is 6.09. The first-order valence-corrected chi connectivity index (χ1v) is 8.78. The summed E-state index contributed by atoms with van der Waals surface area (Å²) in [5.74, 6) is -0.259. The Hall–Kier alpha value is -3.31. The van der Waals surface area contributed by atoms with E-state index in [1.165, 1.54) is 4.90 Å². The number of aromatic nitrogens is 2. The van der Waals surface area contributed by atoms with Crippen LogP contribution in [0.3, 0.4) is 0 Å². The van der Waals surface area contributed by atoms with Crippen molar-refractivity contribution in [2.24, 2.45) is 0 Å². The molecule has 2 heterocycles. The molecule has 1 amide bonds. The molecule has 0 saturated carbocycles. The number of carbonyl (C=O) groups excluding carboxylic acids is 1. The molecular weight excluding hydrogens is 362 g/mol. The first kappa shape index (κ1) is 17.1. The van der Waals surface area contributed by atoms with Crippen LogP contribution in [0.5, 0.6) is 5.75 Å². The average Bonchev–Trinajstić information content (AvgIpc) is 3.13. The van der Waals surface area contributed by atoms with Gasteiger partial charge in [0.25, 0.3) is 5.91 Å². The first-order chi connectivity index (χ1) is 13.1. The molecule has 4 aromatic rings. The lowest BCUT2D eigenvalue weighted by Crippen LogP contribution is -2.31. The van der Waals surface area contributed by atoms with Crippen molar-refractivity contribution in [3.63, 3.8) is 0 Å². The summed E-state index contributed by atoms with van der Waals surface area (Å²) in [4.78, 5) is 22.2. The zero-order chi connectivity index (χ0) is 18.8. The maximum atomic E-state index is 13.3. The van der Waals surface area contributed by atoms with Gasteiger partial charge in [-0.1, -0.05) is 41.9 Å². The van der Waals surface area contributed by atoms with Crippen molar-refractivity contribution in [3.05, 3.63) is 89.3 Å². The highest BCUT2D eigenvalue weighted by Gasteiger charge is 2.23. The van der Waals surface area contributed by atoms with E-state index in [-0.39, 0.29) is 18.2 Å². The Kier molecular flexibility index (Phi) is 4.52. The fraction of sp³-hybridized carbons (Fsp3) is 0.0476. The molecule has 2 N–H and O–H groups in total. The number of H-pyrrole nitrogens is 1. The Labute approximate surface area is 160 Å². The van der Waals surface area contributed by atoms with Gasteiger partial charge in [-0.25, -0.2) is 0 Å². The Morgan fingerprint density at radius 1 is 1.07 bits per heavy atom. The topological polar surface area (TPSA) is 69.2 Å². The molecule has 5 nitrogen and oxygen atoms in total. The normalized spacial score (nSPS) is 10.9. The van der Waals surface area contributed by atoms with E-state index in [4.69, 9.17) is 11.6 Å². The molecule has 0 radical (unpaired) electrons. The zero-order valence-corrected chi connectivity index (χ0v) is 15.0. The number of fused-ring (bicyclic) bond motifs is 1. The Bertz CT molecular complexity index is 1110. The van der Waals surface area contributed by atoms with Crippen molar-refractivity contribution in [2.75, 3.05) is 4.90 Å². The van der Waals surface area contributed by atoms with Crippen LogP contribution in [0, 0.1) is 0 Å². The summed E-state index contributed by atoms with van der Waals surface area (Å²) < 4.78 is 0. The quantitative estimate of drug-likeness (QED) is 0.538. The SMILES string of the molecule is O=C(c1cc2cccc(Cl)c2[nH]1)N(Cc1ccccn1)c1ccccc1O. The minimum Gasteiger partial charge on any atom is -0.506 e. The van der Waals surface area contributed by atoms with E-state index in [0.717, 1.165) is 5.39 Å². The van der Waals surface area contributed by atoms with Gasteiger partial charge < -0.3 is 10.1 Å². The van der Waals surface area contributed by atoms with Gasteiger partial charge in [0.1, 0.15) is 11.4 Å². The highest BCUT2D eigenvalue weighted by atomic mass is 35.5. The summed E-state index contributed by atoms with van der Waals surface area (Å²) >= 11 is 6.22. The zero-order valence-electron chi connectivity index (χ0n) is 14.3. The maximum Gasteiger partial charge on any atom is 0.275 e. The summed E-state index contributed by atoms with van der Waals surface area (Å²) in [6.45, 7) is 0.223. The van der Waals surface area contributed by atoms with Gasteiger partial charge in [0.2, 0.25) is 0 Å². The lowest BCUT2D eigenvalue weighted by molar-refractivity contribution is 0.0980. The molecule has 27 heavy (non-hydrogen) atoms. The number of para-hydroxylation sites is 3. The number of pyridine rings is 1. The van der Waals surface area contributed by atoms with Crippen LogP contribution in [0.4, 0.5) is 5.69 Å². The molecule has 0 aliphatic carbocycles. The molecule has 0 aliphatic heterocycles. The number of anilines is 1. The lowest BCUT2D eigenvalue weighted by atomic mass is 10.2. The summed E-state index contributed by atoms with van der Waals surface area (Å²) in [6.07, 6.45) is 1.67. The fourth-order valence-corrected chi connectivity index (χ4v) is 3.22. The number of nitrogens with zero attached hydrogens (tertiary/aromatic N) is 2. The van der Waals surface area contributed by atoms with Crippen LogP contribution >= 0.6 is 11.6 Å². The third-order valence-electron chi connectivity index (χ3n) is 4.30. The molecule has 0 unspecified atom stereocenters. The van der Waals surface area contributed by atoms with Gasteiger partial charge in [-0.05, 0) is 36.4 Å². The molecule has 0 saturated heterocycles. The number of aromatic hydroxyl groups is 1. The van der Waals surface area contributed by atoms with E-state index in [9.17, 15) is 9.90 Å². The molecule has 4 rings (SSSR count). The Morgan fingerprint density at radius 3 is 2.63 bits per heavy atom. The highest BCUT2D eigenvalue weighted by molar-refractivity contribution is 6.35. The molecule has 0 fully saturated rings. The second kappa shape index (κ2) is 7.13. The van der Waals surface area contributed by atoms with Crippen molar-refractivity contribution in [2.45, 2.75) is 6.54 Å². The molecule has 0 bridgehead atoms. The molecular formula is C21H16ClN3O2. The molecule has 2 aromatic heterocycles. The minimum absolute atomic E-state index is 0.0240. The van der Waals surface area contributed by atoms with Crippen LogP contribution in [0.15, 0.2) is 72.9 Å². The number of rotatable bonds is 4. The van der Waals surface area contributed by atoms with Crippen LogP contribution in [0.2, 0.25) is 5.02 Å². The van der Waals surface area contributed by atoms with Gasteiger partial charge in [0.05, 0.1) is 28.5 Å². The Balaban J connectivity index is 1.78. The number of amides is 1. The lowest BCUT2D eigenvalue weighted by Gasteiger charge is -2.22. The van der Waals surface area contributed by atoms with E-state index in [0.29, 0.717) is 27.6 Å². The number of phenolic OH excluding ortho intramolecular Hbond substituents is 1. The van der Waals surface area contributed by atoms with Crippen LogP contribution in [0.1, 0.15) is 16.2 Å². The molecule has 0 aliphatic rings. The number of aromatic amines is 1. The minimum atomic E-state index is -0.283. The second-order valence-corrected chi connectivity index (χ2v) is 6.50. The predicted octanol–water partition coefficient (Wildman–Crippen LogP) is 4.77. The van der Waals surface area contributed by atoms with Gasteiger partial charge in [-0.2, -0.15) is 0 Å². The van der Waals surface area contributed by atoms with Crippen LogP contribution < -0.4 is 4.90 Å². The van der Waals surface area contributed by atoms with Crippen molar-refractivity contribution < 1.29 is 9.90 Å². The van der Waals surface area contributed by atoms with Gasteiger partial charge in [0.15, 0.2) is 0 Å². The summed E-state index contributed by atoms with van der Waals surface area (Å²) in [6, 6.07) is 19.5. The molecule has 2 aromatic carbocycles. The highest BCUT2D eigenvalue weighted by Crippen LogP contribution is 2.30. The summed E-state index contributed by atoms with van der Waals surface area (Å²) in [5, 5.41) is 11.7. The van der Waals surface area contributed by atoms with Gasteiger partial charge >= 0.3 is 0 Å². The smallest absolute Gasteiger partial charge is 0.275 e. The average molecular weight is 378 g/mol. The number of carbonyl (C=O) groups is 1. The van der Waals surface area contributed by atoms with Gasteiger partial charge in [-0.15, -0.1) is 0 Å². The van der Waals surface area contributed by atoms with E-state index >= 15 is 0 Å². The molecule has 6 heteroatoms. The van der Waals surface area contributed by atoms with Gasteiger partial charge in [0, 0.05) is 11.6 Å². The number of phenols is 1. The summed E-state index contributed by atoms with van der Waals surface area (Å²) in [5.41, 5.74) is 2.22. The third kappa shape index (κ3) is 3.37. The van der Waals surface area contributed by atoms with Crippen molar-refractivity contribution >= 4 is 34.1 Å². The number of nitrogens with one attached hydrogen (secondary N) is 1. The van der Waals surface area contributed by atoms with Crippen LogP contribution in [-0.2, 0) is 6.54 Å². The number of benzene rings is 2. The van der Waals surface area contributed by atoms with Crippen LogP contribution in [0.25, 0.3) is 10.9 Å². The molecule has 134 valence electrons. The first-order valence-electron chi connectivity index (χ1n) is 8.40. The Morgan fingerprint density at radius 2 is 1.89 bits per heavy atom. The van der Waals surface area contributed by atoms with E-state index in [1.54, 1.807) is 42.6 Å². The standard InChI is InChI=1S/C21H16ClN3O2/c22-16-8-5-6-14-12-17(24-20(14)16)21(27)25(13-15-7-3-4-11-23-15)18-9-1-2-10-19(18)26/h1-12,24,26H,13H2. The molecule has 0 atom stereocenters. The largest absolute Gasteiger partial charge is 0.506 e. The monoisotopic (exact) mass is 377 g/mol. The maximum absolute atomic E-state index is 13.3. The van der Waals surface area contributed by atoms with E-state index < -0.39 is 0 Å². The fourth-order valence-electron chi connectivity index (χ4n) is 2.99. The van der Waals surface area contributed by atoms with E-state index in [2.05, 4.69) is 9.97 Å². The predicted molar refractivity (Wildman–Crippen MR) is 106 cm³/mol. The van der Waals surface area contributed by atoms with Gasteiger partial charge in [-0.3, -0.25) is 14.7 Å². The number of halogens is 1. The number of hydrogen-bond acceptors (Lipinski definition) is 3.